The van der Waals surface area contributed by atoms with E-state index in [2.05, 4.69) is 4.98 Å². The average molecular weight is 366 g/mol. The molecule has 0 spiro atoms. The molecule has 2 heterocycles. The summed E-state index contributed by atoms with van der Waals surface area (Å²) in [5, 5.41) is 0.00795. The molecule has 1 aliphatic rings. The number of ketones is 1. The second kappa shape index (κ2) is 6.25. The topological polar surface area (TPSA) is 87.3 Å². The van der Waals surface area contributed by atoms with Crippen molar-refractivity contribution in [1.82, 2.24) is 9.88 Å². The molecule has 1 saturated heterocycles. The van der Waals surface area contributed by atoms with E-state index in [-0.39, 0.29) is 11.7 Å². The maximum atomic E-state index is 12.8. The summed E-state index contributed by atoms with van der Waals surface area (Å²) in [4.78, 5) is 28.7. The number of nitrogens with zero attached hydrogens (tertiary/aromatic N) is 1. The monoisotopic (exact) mass is 366 g/mol. The van der Waals surface area contributed by atoms with E-state index in [0.717, 1.165) is 11.6 Å². The number of fused-ring (bicyclic) bond motifs is 1. The van der Waals surface area contributed by atoms with Crippen LogP contribution in [0, 0.1) is 0 Å². The third kappa shape index (κ3) is 3.21. The summed E-state index contributed by atoms with van der Waals surface area (Å²) >= 11 is 1.54. The highest BCUT2D eigenvalue weighted by molar-refractivity contribution is 8.00. The van der Waals surface area contributed by atoms with Crippen molar-refractivity contribution in [3.63, 3.8) is 0 Å². The largest absolute Gasteiger partial charge is 0.351 e. The lowest BCUT2D eigenvalue weighted by Crippen LogP contribution is -2.50. The first-order valence-corrected chi connectivity index (χ1v) is 10.6. The van der Waals surface area contributed by atoms with Gasteiger partial charge < -0.3 is 9.88 Å². The molecule has 1 aromatic carbocycles. The van der Waals surface area contributed by atoms with E-state index in [0.29, 0.717) is 34.8 Å². The van der Waals surface area contributed by atoms with E-state index in [4.69, 9.17) is 0 Å². The predicted molar refractivity (Wildman–Crippen MR) is 95.3 cm³/mol. The van der Waals surface area contributed by atoms with E-state index in [1.165, 1.54) is 23.6 Å². The fourth-order valence-corrected chi connectivity index (χ4v) is 5.60. The van der Waals surface area contributed by atoms with Crippen LogP contribution in [-0.2, 0) is 9.84 Å². The van der Waals surface area contributed by atoms with Crippen LogP contribution in [0.4, 0.5) is 0 Å². The average Bonchev–Trinajstić information content (AvgIpc) is 2.96. The first-order chi connectivity index (χ1) is 11.3. The zero-order chi connectivity index (χ0) is 17.5. The van der Waals surface area contributed by atoms with Gasteiger partial charge in [0.15, 0.2) is 15.6 Å². The molecule has 0 aliphatic carbocycles. The van der Waals surface area contributed by atoms with Gasteiger partial charge in [-0.1, -0.05) is 12.1 Å². The Bertz CT molecular complexity index is 917. The van der Waals surface area contributed by atoms with Gasteiger partial charge in [0.2, 0.25) is 0 Å². The van der Waals surface area contributed by atoms with Gasteiger partial charge in [-0.15, -0.1) is 0 Å². The van der Waals surface area contributed by atoms with Crippen LogP contribution in [0.1, 0.15) is 27.8 Å². The fraction of sp³-hybridized carbons (Fsp3) is 0.375. The number of H-pyrrole nitrogens is 1. The predicted octanol–water partition coefficient (Wildman–Crippen LogP) is 1.93. The van der Waals surface area contributed by atoms with Crippen molar-refractivity contribution in [2.75, 3.05) is 24.3 Å². The molecule has 0 saturated carbocycles. The number of Topliss-reactive ketones (excluding diaryl/α,β-unsaturated/α-hetero) is 1. The molecule has 6 nitrogen and oxygen atoms in total. The van der Waals surface area contributed by atoms with Crippen LogP contribution in [0.3, 0.4) is 0 Å². The van der Waals surface area contributed by atoms with Crippen molar-refractivity contribution in [2.45, 2.75) is 12.3 Å². The minimum Gasteiger partial charge on any atom is -0.351 e. The van der Waals surface area contributed by atoms with E-state index < -0.39 is 15.2 Å². The molecule has 1 atom stereocenters. The molecule has 128 valence electrons. The molecule has 24 heavy (non-hydrogen) atoms. The number of benzene rings is 1. The number of carbonyl (C=O) groups excluding carboxylic acids is 2. The highest BCUT2D eigenvalue weighted by Crippen LogP contribution is 2.24. The Labute approximate surface area is 144 Å². The number of carbonyl (C=O) groups is 2. The summed E-state index contributed by atoms with van der Waals surface area (Å²) in [6.07, 6.45) is 1.16. The van der Waals surface area contributed by atoms with Gasteiger partial charge in [0.25, 0.3) is 5.91 Å². The molecule has 1 aliphatic heterocycles. The van der Waals surface area contributed by atoms with Crippen molar-refractivity contribution in [2.24, 2.45) is 0 Å². The molecule has 8 heteroatoms. The van der Waals surface area contributed by atoms with Crippen molar-refractivity contribution < 1.29 is 18.0 Å². The third-order valence-electron chi connectivity index (χ3n) is 4.10. The molecule has 2 aromatic rings. The molecule has 1 aromatic heterocycles. The molecule has 1 fully saturated rings. The standard InChI is InChI=1S/C16H18N2O4S2/c1-10(19)11-3-4-12-8-14(17-13(12)7-11)16(20)18-5-6-23-9-15(18)24(2,21)22/h3-4,7-8,15,17H,5-6,9H2,1-2H3. The summed E-state index contributed by atoms with van der Waals surface area (Å²) in [6, 6.07) is 6.89. The quantitative estimate of drug-likeness (QED) is 0.839. The molecular weight excluding hydrogens is 348 g/mol. The Hall–Kier alpha value is -1.80. The van der Waals surface area contributed by atoms with Gasteiger partial charge in [0.1, 0.15) is 11.1 Å². The number of hydrogen-bond donors (Lipinski definition) is 1. The SMILES string of the molecule is CC(=O)c1ccc2cc(C(=O)N3CCSCC3S(C)(=O)=O)[nH]c2c1. The van der Waals surface area contributed by atoms with Crippen LogP contribution in [0.2, 0.25) is 0 Å². The van der Waals surface area contributed by atoms with E-state index in [1.807, 2.05) is 0 Å². The van der Waals surface area contributed by atoms with Gasteiger partial charge in [0.05, 0.1) is 0 Å². The van der Waals surface area contributed by atoms with Crippen LogP contribution in [0.25, 0.3) is 10.9 Å². The van der Waals surface area contributed by atoms with Crippen LogP contribution < -0.4 is 0 Å². The second-order valence-corrected chi connectivity index (χ2v) is 9.25. The zero-order valence-electron chi connectivity index (χ0n) is 13.4. The Kier molecular flexibility index (Phi) is 4.44. The van der Waals surface area contributed by atoms with Crippen LogP contribution in [-0.4, -0.2) is 59.7 Å². The Morgan fingerprint density at radius 1 is 1.29 bits per heavy atom. The van der Waals surface area contributed by atoms with Gasteiger partial charge in [-0.05, 0) is 19.1 Å². The van der Waals surface area contributed by atoms with Crippen LogP contribution in [0.15, 0.2) is 24.3 Å². The lowest BCUT2D eigenvalue weighted by Gasteiger charge is -2.33. The number of aromatic amines is 1. The Morgan fingerprint density at radius 2 is 2.04 bits per heavy atom. The summed E-state index contributed by atoms with van der Waals surface area (Å²) in [6.45, 7) is 1.88. The van der Waals surface area contributed by atoms with Gasteiger partial charge in [-0.3, -0.25) is 9.59 Å². The lowest BCUT2D eigenvalue weighted by atomic mass is 10.1. The number of sulfone groups is 1. The van der Waals surface area contributed by atoms with Crippen molar-refractivity contribution in [3.05, 3.63) is 35.5 Å². The maximum absolute atomic E-state index is 12.8. The Balaban J connectivity index is 1.96. The first kappa shape index (κ1) is 17.0. The van der Waals surface area contributed by atoms with E-state index in [1.54, 1.807) is 24.3 Å². The summed E-state index contributed by atoms with van der Waals surface area (Å²) in [7, 11) is -3.35. The van der Waals surface area contributed by atoms with Gasteiger partial charge in [-0.2, -0.15) is 11.8 Å². The molecule has 1 amide bonds. The number of thioether (sulfide) groups is 1. The van der Waals surface area contributed by atoms with Crippen LogP contribution in [0.5, 0.6) is 0 Å². The zero-order valence-corrected chi connectivity index (χ0v) is 15.0. The molecular formula is C16H18N2O4S2. The number of amides is 1. The number of rotatable bonds is 3. The van der Waals surface area contributed by atoms with Gasteiger partial charge in [0, 0.05) is 40.8 Å². The number of hydrogen-bond acceptors (Lipinski definition) is 5. The molecule has 1 N–H and O–H groups in total. The number of aromatic nitrogens is 1. The molecule has 0 radical (unpaired) electrons. The van der Waals surface area contributed by atoms with Crippen molar-refractivity contribution in [1.29, 1.82) is 0 Å². The molecule has 3 rings (SSSR count). The minimum absolute atomic E-state index is 0.0513. The second-order valence-electron chi connectivity index (χ2n) is 5.90. The van der Waals surface area contributed by atoms with E-state index >= 15 is 0 Å². The van der Waals surface area contributed by atoms with Gasteiger partial charge >= 0.3 is 0 Å². The highest BCUT2D eigenvalue weighted by atomic mass is 32.2. The number of nitrogens with one attached hydrogen (secondary N) is 1. The van der Waals surface area contributed by atoms with E-state index in [9.17, 15) is 18.0 Å². The summed E-state index contributed by atoms with van der Waals surface area (Å²) in [5.41, 5.74) is 1.59. The fourth-order valence-electron chi connectivity index (χ4n) is 2.78. The summed E-state index contributed by atoms with van der Waals surface area (Å²) < 4.78 is 23.9. The highest BCUT2D eigenvalue weighted by Gasteiger charge is 2.35. The minimum atomic E-state index is -3.35. The normalized spacial score (nSPS) is 18.8. The third-order valence-corrected chi connectivity index (χ3v) is 6.74. The Morgan fingerprint density at radius 3 is 2.71 bits per heavy atom. The van der Waals surface area contributed by atoms with Crippen molar-refractivity contribution >= 4 is 44.2 Å². The molecule has 0 bridgehead atoms. The van der Waals surface area contributed by atoms with Crippen molar-refractivity contribution in [3.8, 4) is 0 Å². The lowest BCUT2D eigenvalue weighted by molar-refractivity contribution is 0.0744. The first-order valence-electron chi connectivity index (χ1n) is 7.48. The van der Waals surface area contributed by atoms with Gasteiger partial charge in [-0.25, -0.2) is 8.42 Å². The van der Waals surface area contributed by atoms with Crippen LogP contribution >= 0.6 is 11.8 Å². The summed E-state index contributed by atoms with van der Waals surface area (Å²) in [5.74, 6) is 0.724. The molecule has 1 unspecified atom stereocenters. The smallest absolute Gasteiger partial charge is 0.271 e. The maximum Gasteiger partial charge on any atom is 0.271 e.